The van der Waals surface area contributed by atoms with Crippen molar-refractivity contribution in [2.45, 2.75) is 49.7 Å². The maximum Gasteiger partial charge on any atom is 0.419 e. The number of nitrogens with two attached hydrogens (primary N) is 1. The number of rotatable bonds is 6. The number of hydrogen-bond acceptors (Lipinski definition) is 8. The van der Waals surface area contributed by atoms with Gasteiger partial charge in [-0.25, -0.2) is 26.3 Å². The Morgan fingerprint density at radius 1 is 1.11 bits per heavy atom. The SMILES string of the molecule is CC(C)(c1nnc(-c2cc3c(cc2F)C(F)(F)CC(N)C(=O)N3Cc2ccc(-n3cc(C(F)(F)F)cn3)cc2)o1)S(C)(=O)=O. The van der Waals surface area contributed by atoms with Crippen LogP contribution in [-0.2, 0) is 38.0 Å². The summed E-state index contributed by atoms with van der Waals surface area (Å²) in [7, 11) is -3.76. The fraction of sp³-hybridized carbons (Fsp3) is 0.333. The molecule has 0 bridgehead atoms. The van der Waals surface area contributed by atoms with Gasteiger partial charge in [0.2, 0.25) is 11.8 Å². The maximum absolute atomic E-state index is 15.3. The number of hydrogen-bond donors (Lipinski definition) is 1. The smallest absolute Gasteiger partial charge is 0.419 e. The summed E-state index contributed by atoms with van der Waals surface area (Å²) < 4.78 is 114. The molecular weight excluding hydrogens is 618 g/mol. The van der Waals surface area contributed by atoms with Crippen molar-refractivity contribution in [1.29, 1.82) is 0 Å². The number of anilines is 1. The minimum absolute atomic E-state index is 0.253. The average molecular weight is 643 g/mol. The molecule has 0 saturated heterocycles. The molecule has 0 saturated carbocycles. The van der Waals surface area contributed by atoms with Crippen LogP contribution in [0.25, 0.3) is 17.1 Å². The van der Waals surface area contributed by atoms with Crippen molar-refractivity contribution in [3.05, 3.63) is 77.2 Å². The molecule has 1 atom stereocenters. The summed E-state index contributed by atoms with van der Waals surface area (Å²) in [5.41, 5.74) is 3.79. The van der Waals surface area contributed by atoms with E-state index in [2.05, 4.69) is 15.3 Å². The summed E-state index contributed by atoms with van der Waals surface area (Å²) in [5, 5.41) is 11.1. The van der Waals surface area contributed by atoms with Crippen LogP contribution in [0.1, 0.15) is 42.8 Å². The third kappa shape index (κ3) is 5.56. The Hall–Kier alpha value is -4.25. The molecule has 0 radical (unpaired) electrons. The van der Waals surface area contributed by atoms with Crippen molar-refractivity contribution in [2.24, 2.45) is 5.73 Å². The molecule has 44 heavy (non-hydrogen) atoms. The van der Waals surface area contributed by atoms with Gasteiger partial charge in [0.1, 0.15) is 10.6 Å². The third-order valence-corrected chi connectivity index (χ3v) is 9.41. The zero-order chi connectivity index (χ0) is 32.4. The lowest BCUT2D eigenvalue weighted by Gasteiger charge is -2.25. The van der Waals surface area contributed by atoms with E-state index in [1.54, 1.807) is 0 Å². The van der Waals surface area contributed by atoms with Gasteiger partial charge in [0, 0.05) is 24.4 Å². The third-order valence-electron chi connectivity index (χ3n) is 7.38. The lowest BCUT2D eigenvalue weighted by molar-refractivity contribution is -0.137. The van der Waals surface area contributed by atoms with E-state index in [0.717, 1.165) is 28.1 Å². The molecule has 1 aliphatic rings. The Bertz CT molecular complexity index is 1850. The number of benzene rings is 2. The van der Waals surface area contributed by atoms with Crippen molar-refractivity contribution in [3.8, 4) is 17.1 Å². The fourth-order valence-corrected chi connectivity index (χ4v) is 4.88. The number of fused-ring (bicyclic) bond motifs is 1. The molecule has 10 nitrogen and oxygen atoms in total. The van der Waals surface area contributed by atoms with Gasteiger partial charge in [0.05, 0.1) is 41.3 Å². The number of aromatic nitrogens is 4. The van der Waals surface area contributed by atoms with Gasteiger partial charge in [-0.3, -0.25) is 4.79 Å². The molecule has 17 heteroatoms. The lowest BCUT2D eigenvalue weighted by atomic mass is 9.99. The van der Waals surface area contributed by atoms with Crippen LogP contribution in [0.2, 0.25) is 0 Å². The Morgan fingerprint density at radius 2 is 1.77 bits per heavy atom. The van der Waals surface area contributed by atoms with E-state index >= 15 is 13.2 Å². The zero-order valence-corrected chi connectivity index (χ0v) is 24.0. The summed E-state index contributed by atoms with van der Waals surface area (Å²) in [4.78, 5) is 14.2. The number of nitrogens with zero attached hydrogens (tertiary/aromatic N) is 5. The normalized spacial score (nSPS) is 17.5. The quantitative estimate of drug-likeness (QED) is 0.299. The molecule has 3 heterocycles. The van der Waals surface area contributed by atoms with Crippen molar-refractivity contribution in [1.82, 2.24) is 20.0 Å². The van der Waals surface area contributed by atoms with Crippen LogP contribution in [0, 0.1) is 5.82 Å². The molecule has 0 fully saturated rings. The van der Waals surface area contributed by atoms with Gasteiger partial charge >= 0.3 is 6.18 Å². The second-order valence-corrected chi connectivity index (χ2v) is 13.4. The molecular formula is C27H24F6N6O4S. The van der Waals surface area contributed by atoms with Gasteiger partial charge in [0.25, 0.3) is 11.8 Å². The van der Waals surface area contributed by atoms with Crippen LogP contribution in [-0.4, -0.2) is 46.6 Å². The Balaban J connectivity index is 1.55. The first kappa shape index (κ1) is 31.2. The summed E-state index contributed by atoms with van der Waals surface area (Å²) in [6.07, 6.45) is -3.31. The van der Waals surface area contributed by atoms with Crippen molar-refractivity contribution < 1.29 is 44.0 Å². The molecule has 5 rings (SSSR count). The second-order valence-electron chi connectivity index (χ2n) is 10.8. The first-order valence-electron chi connectivity index (χ1n) is 12.8. The number of alkyl halides is 5. The summed E-state index contributed by atoms with van der Waals surface area (Å²) in [5.74, 6) is -6.71. The molecule has 0 spiro atoms. The summed E-state index contributed by atoms with van der Waals surface area (Å²) in [6, 6.07) is 5.53. The number of amides is 1. The predicted octanol–water partition coefficient (Wildman–Crippen LogP) is 4.72. The molecule has 234 valence electrons. The molecule has 1 unspecified atom stereocenters. The van der Waals surface area contributed by atoms with Crippen LogP contribution < -0.4 is 10.6 Å². The number of halogens is 6. The van der Waals surface area contributed by atoms with Crippen LogP contribution in [0.4, 0.5) is 32.0 Å². The van der Waals surface area contributed by atoms with E-state index in [4.69, 9.17) is 10.2 Å². The predicted molar refractivity (Wildman–Crippen MR) is 144 cm³/mol. The molecule has 1 amide bonds. The van der Waals surface area contributed by atoms with Gasteiger partial charge in [-0.05, 0) is 43.7 Å². The first-order valence-corrected chi connectivity index (χ1v) is 14.7. The summed E-state index contributed by atoms with van der Waals surface area (Å²) >= 11 is 0. The van der Waals surface area contributed by atoms with E-state index in [9.17, 15) is 26.4 Å². The van der Waals surface area contributed by atoms with Gasteiger partial charge in [0.15, 0.2) is 9.84 Å². The zero-order valence-electron chi connectivity index (χ0n) is 23.2. The minimum Gasteiger partial charge on any atom is -0.419 e. The van der Waals surface area contributed by atoms with Gasteiger partial charge in [-0.2, -0.15) is 18.3 Å². The highest BCUT2D eigenvalue weighted by Crippen LogP contribution is 2.45. The maximum atomic E-state index is 15.3. The standard InChI is InChI=1S/C27H24F6N6O4S/c1-25(2,44(3,41)42)24-37-36-22(43-24)17-8-21-18(9-19(17)28)26(29,30)10-20(34)23(40)38(21)12-14-4-6-16(7-5-14)39-13-15(11-35-39)27(31,32)33/h4-9,11,13,20H,10,12,34H2,1-3H3. The molecule has 2 N–H and O–H groups in total. The molecule has 1 aliphatic heterocycles. The van der Waals surface area contributed by atoms with E-state index < -0.39 is 79.1 Å². The monoisotopic (exact) mass is 642 g/mol. The Labute approximate surface area is 246 Å². The first-order chi connectivity index (χ1) is 20.3. The highest BCUT2D eigenvalue weighted by Gasteiger charge is 2.45. The number of sulfone groups is 1. The lowest BCUT2D eigenvalue weighted by Crippen LogP contribution is -2.43. The van der Waals surface area contributed by atoms with Crippen molar-refractivity contribution in [3.63, 3.8) is 0 Å². The fourth-order valence-electron chi connectivity index (χ4n) is 4.48. The number of carbonyl (C=O) groups excluding carboxylic acids is 1. The van der Waals surface area contributed by atoms with Gasteiger partial charge in [-0.1, -0.05) is 12.1 Å². The average Bonchev–Trinajstić information content (AvgIpc) is 3.61. The topological polar surface area (TPSA) is 137 Å². The van der Waals surface area contributed by atoms with Crippen LogP contribution >= 0.6 is 0 Å². The summed E-state index contributed by atoms with van der Waals surface area (Å²) in [6.45, 7) is 2.26. The van der Waals surface area contributed by atoms with E-state index in [1.165, 1.54) is 38.1 Å². The molecule has 4 aromatic rings. The van der Waals surface area contributed by atoms with E-state index in [1.807, 2.05) is 0 Å². The number of carbonyl (C=O) groups is 1. The van der Waals surface area contributed by atoms with Gasteiger partial charge < -0.3 is 15.1 Å². The van der Waals surface area contributed by atoms with Crippen molar-refractivity contribution in [2.75, 3.05) is 11.2 Å². The van der Waals surface area contributed by atoms with E-state index in [-0.39, 0.29) is 18.1 Å². The second kappa shape index (κ2) is 10.4. The molecule has 2 aromatic carbocycles. The minimum atomic E-state index is -4.59. The van der Waals surface area contributed by atoms with Gasteiger partial charge in [-0.15, -0.1) is 10.2 Å². The highest BCUT2D eigenvalue weighted by atomic mass is 32.2. The highest BCUT2D eigenvalue weighted by molar-refractivity contribution is 7.91. The Kier molecular flexibility index (Phi) is 7.39. The molecule has 0 aliphatic carbocycles. The van der Waals surface area contributed by atoms with Crippen LogP contribution in [0.15, 0.2) is 53.2 Å². The van der Waals surface area contributed by atoms with Crippen LogP contribution in [0.5, 0.6) is 0 Å². The van der Waals surface area contributed by atoms with E-state index in [0.29, 0.717) is 17.8 Å². The van der Waals surface area contributed by atoms with Crippen LogP contribution in [0.3, 0.4) is 0 Å². The molecule has 2 aromatic heterocycles. The largest absolute Gasteiger partial charge is 0.419 e. The van der Waals surface area contributed by atoms with Crippen molar-refractivity contribution >= 4 is 21.4 Å². The Morgan fingerprint density at radius 3 is 2.36 bits per heavy atom.